The van der Waals surface area contributed by atoms with Gasteiger partial charge in [0.05, 0.1) is 29.9 Å². The first-order chi connectivity index (χ1) is 11.4. The van der Waals surface area contributed by atoms with Crippen LogP contribution in [0.1, 0.15) is 39.7 Å². The Morgan fingerprint density at radius 3 is 2.50 bits per heavy atom. The summed E-state index contributed by atoms with van der Waals surface area (Å²) in [5, 5.41) is 14.3. The van der Waals surface area contributed by atoms with E-state index in [2.05, 4.69) is 10.3 Å². The number of likely N-dealkylation sites (N-methyl/N-ethyl adjacent to an activating group) is 1. The van der Waals surface area contributed by atoms with Crippen molar-refractivity contribution in [1.29, 1.82) is 0 Å². The lowest BCUT2D eigenvalue weighted by Gasteiger charge is -2.24. The second-order valence-corrected chi connectivity index (χ2v) is 7.15. The van der Waals surface area contributed by atoms with Gasteiger partial charge in [-0.1, -0.05) is 29.8 Å². The molecule has 2 amide bonds. The summed E-state index contributed by atoms with van der Waals surface area (Å²) in [6, 6.07) is 7.55. The SMILES string of the molecule is CCN(CC(O)c1ccc(C)cc1)C(=O)NCc1sc(C)nc1C. The van der Waals surface area contributed by atoms with Crippen LogP contribution in [0.4, 0.5) is 4.79 Å². The summed E-state index contributed by atoms with van der Waals surface area (Å²) in [4.78, 5) is 19.4. The third-order valence-corrected chi connectivity index (χ3v) is 5.00. The Kier molecular flexibility index (Phi) is 6.34. The molecule has 0 saturated heterocycles. The van der Waals surface area contributed by atoms with Crippen molar-refractivity contribution in [1.82, 2.24) is 15.2 Å². The predicted molar refractivity (Wildman–Crippen MR) is 97.2 cm³/mol. The topological polar surface area (TPSA) is 65.5 Å². The van der Waals surface area contributed by atoms with Crippen molar-refractivity contribution in [3.63, 3.8) is 0 Å². The summed E-state index contributed by atoms with van der Waals surface area (Å²) in [7, 11) is 0. The van der Waals surface area contributed by atoms with Crippen molar-refractivity contribution < 1.29 is 9.90 Å². The van der Waals surface area contributed by atoms with Crippen molar-refractivity contribution in [3.05, 3.63) is 51.0 Å². The monoisotopic (exact) mass is 347 g/mol. The maximum atomic E-state index is 12.4. The molecule has 1 heterocycles. The van der Waals surface area contributed by atoms with Crippen LogP contribution in [0.2, 0.25) is 0 Å². The number of carbonyl (C=O) groups is 1. The molecular formula is C18H25N3O2S. The number of aliphatic hydroxyl groups excluding tert-OH is 1. The molecule has 2 aromatic rings. The summed E-state index contributed by atoms with van der Waals surface area (Å²) < 4.78 is 0. The third kappa shape index (κ3) is 4.79. The van der Waals surface area contributed by atoms with Crippen LogP contribution in [-0.2, 0) is 6.54 Å². The first kappa shape index (κ1) is 18.4. The lowest BCUT2D eigenvalue weighted by Crippen LogP contribution is -2.41. The molecule has 1 aromatic heterocycles. The zero-order valence-corrected chi connectivity index (χ0v) is 15.5. The van der Waals surface area contributed by atoms with Crippen LogP contribution < -0.4 is 5.32 Å². The number of thiazole rings is 1. The molecule has 0 spiro atoms. The van der Waals surface area contributed by atoms with Gasteiger partial charge in [0.1, 0.15) is 0 Å². The van der Waals surface area contributed by atoms with E-state index in [9.17, 15) is 9.90 Å². The minimum Gasteiger partial charge on any atom is -0.387 e. The first-order valence-electron chi connectivity index (χ1n) is 8.11. The van der Waals surface area contributed by atoms with Crippen molar-refractivity contribution in [3.8, 4) is 0 Å². The van der Waals surface area contributed by atoms with E-state index in [-0.39, 0.29) is 12.6 Å². The number of hydrogen-bond acceptors (Lipinski definition) is 4. The quantitative estimate of drug-likeness (QED) is 0.842. The van der Waals surface area contributed by atoms with Gasteiger partial charge in [0, 0.05) is 11.4 Å². The van der Waals surface area contributed by atoms with Gasteiger partial charge >= 0.3 is 6.03 Å². The standard InChI is InChI=1S/C18H25N3O2S/c1-5-21(11-16(22)15-8-6-12(2)7-9-15)18(23)19-10-17-13(3)20-14(4)24-17/h6-9,16,22H,5,10-11H2,1-4H3,(H,19,23). The third-order valence-electron chi connectivity index (χ3n) is 3.92. The fourth-order valence-electron chi connectivity index (χ4n) is 2.46. The largest absolute Gasteiger partial charge is 0.387 e. The van der Waals surface area contributed by atoms with Crippen LogP contribution >= 0.6 is 11.3 Å². The summed E-state index contributed by atoms with van der Waals surface area (Å²) in [6.07, 6.45) is -0.691. The lowest BCUT2D eigenvalue weighted by molar-refractivity contribution is 0.123. The van der Waals surface area contributed by atoms with Gasteiger partial charge in [0.15, 0.2) is 0 Å². The molecule has 0 bridgehead atoms. The van der Waals surface area contributed by atoms with Gasteiger partial charge in [-0.25, -0.2) is 9.78 Å². The summed E-state index contributed by atoms with van der Waals surface area (Å²) in [6.45, 7) is 9.09. The van der Waals surface area contributed by atoms with E-state index >= 15 is 0 Å². The zero-order valence-electron chi connectivity index (χ0n) is 14.7. The van der Waals surface area contributed by atoms with Gasteiger partial charge < -0.3 is 15.3 Å². The van der Waals surface area contributed by atoms with Crippen molar-refractivity contribution >= 4 is 17.4 Å². The van der Waals surface area contributed by atoms with Crippen LogP contribution in [-0.4, -0.2) is 34.1 Å². The molecule has 0 aliphatic rings. The number of aryl methyl sites for hydroxylation is 3. The molecule has 0 saturated carbocycles. The number of rotatable bonds is 6. The Hall–Kier alpha value is -1.92. The molecule has 24 heavy (non-hydrogen) atoms. The number of nitrogens with one attached hydrogen (secondary N) is 1. The Bertz CT molecular complexity index is 682. The van der Waals surface area contributed by atoms with E-state index in [0.717, 1.165) is 26.7 Å². The average molecular weight is 347 g/mol. The fourth-order valence-corrected chi connectivity index (χ4v) is 3.34. The number of urea groups is 1. The van der Waals surface area contributed by atoms with Gasteiger partial charge in [0.25, 0.3) is 0 Å². The highest BCUT2D eigenvalue weighted by atomic mass is 32.1. The summed E-state index contributed by atoms with van der Waals surface area (Å²) in [5.41, 5.74) is 2.92. The van der Waals surface area contributed by atoms with Gasteiger partial charge in [-0.3, -0.25) is 0 Å². The minimum atomic E-state index is -0.691. The van der Waals surface area contributed by atoms with Gasteiger partial charge in [-0.15, -0.1) is 11.3 Å². The van der Waals surface area contributed by atoms with Crippen LogP contribution in [0, 0.1) is 20.8 Å². The molecule has 6 heteroatoms. The van der Waals surface area contributed by atoms with Crippen LogP contribution in [0.5, 0.6) is 0 Å². The molecule has 130 valence electrons. The summed E-state index contributed by atoms with van der Waals surface area (Å²) >= 11 is 1.59. The van der Waals surface area contributed by atoms with E-state index < -0.39 is 6.10 Å². The van der Waals surface area contributed by atoms with Crippen LogP contribution in [0.3, 0.4) is 0 Å². The summed E-state index contributed by atoms with van der Waals surface area (Å²) in [5.74, 6) is 0. The smallest absolute Gasteiger partial charge is 0.317 e. The Morgan fingerprint density at radius 1 is 1.29 bits per heavy atom. The molecule has 1 aromatic carbocycles. The van der Waals surface area contributed by atoms with Gasteiger partial charge in [-0.2, -0.15) is 0 Å². The fraction of sp³-hybridized carbons (Fsp3) is 0.444. The minimum absolute atomic E-state index is 0.172. The van der Waals surface area contributed by atoms with Crippen molar-refractivity contribution in [2.24, 2.45) is 0 Å². The zero-order chi connectivity index (χ0) is 17.7. The number of aliphatic hydroxyl groups is 1. The number of amides is 2. The molecular weight excluding hydrogens is 322 g/mol. The Labute approximate surface area is 147 Å². The van der Waals surface area contributed by atoms with E-state index in [0.29, 0.717) is 13.1 Å². The van der Waals surface area contributed by atoms with Crippen LogP contribution in [0.25, 0.3) is 0 Å². The highest BCUT2D eigenvalue weighted by Crippen LogP contribution is 2.17. The second-order valence-electron chi connectivity index (χ2n) is 5.87. The molecule has 1 unspecified atom stereocenters. The molecule has 0 fully saturated rings. The number of carbonyl (C=O) groups excluding carboxylic acids is 1. The molecule has 0 aliphatic carbocycles. The molecule has 0 radical (unpaired) electrons. The maximum absolute atomic E-state index is 12.4. The number of nitrogens with zero attached hydrogens (tertiary/aromatic N) is 2. The molecule has 2 rings (SSSR count). The average Bonchev–Trinajstić information content (AvgIpc) is 2.88. The van der Waals surface area contributed by atoms with Crippen LogP contribution in [0.15, 0.2) is 24.3 Å². The molecule has 5 nitrogen and oxygen atoms in total. The second kappa shape index (κ2) is 8.26. The highest BCUT2D eigenvalue weighted by molar-refractivity contribution is 7.11. The maximum Gasteiger partial charge on any atom is 0.317 e. The normalized spacial score (nSPS) is 12.0. The molecule has 1 atom stereocenters. The number of aromatic nitrogens is 1. The van der Waals surface area contributed by atoms with E-state index in [4.69, 9.17) is 0 Å². The molecule has 2 N–H and O–H groups in total. The van der Waals surface area contributed by atoms with E-state index in [1.54, 1.807) is 16.2 Å². The number of benzene rings is 1. The predicted octanol–water partition coefficient (Wildman–Crippen LogP) is 3.33. The Morgan fingerprint density at radius 2 is 1.96 bits per heavy atom. The van der Waals surface area contributed by atoms with Crippen molar-refractivity contribution in [2.45, 2.75) is 40.3 Å². The highest BCUT2D eigenvalue weighted by Gasteiger charge is 2.17. The first-order valence-corrected chi connectivity index (χ1v) is 8.92. The van der Waals surface area contributed by atoms with E-state index in [1.165, 1.54) is 0 Å². The lowest BCUT2D eigenvalue weighted by atomic mass is 10.1. The Balaban J connectivity index is 1.93. The van der Waals surface area contributed by atoms with Crippen molar-refractivity contribution in [2.75, 3.05) is 13.1 Å². The molecule has 0 aliphatic heterocycles. The van der Waals surface area contributed by atoms with Gasteiger partial charge in [-0.05, 0) is 33.3 Å². The number of hydrogen-bond donors (Lipinski definition) is 2. The van der Waals surface area contributed by atoms with E-state index in [1.807, 2.05) is 52.0 Å². The van der Waals surface area contributed by atoms with Gasteiger partial charge in [0.2, 0.25) is 0 Å².